The molecule has 0 spiro atoms. The van der Waals surface area contributed by atoms with E-state index in [9.17, 15) is 13.2 Å². The van der Waals surface area contributed by atoms with Gasteiger partial charge >= 0.3 is 0 Å². The molecule has 2 aromatic carbocycles. The molecule has 0 N–H and O–H groups in total. The molecule has 2 aliphatic heterocycles. The van der Waals surface area contributed by atoms with E-state index in [0.717, 1.165) is 11.1 Å². The van der Waals surface area contributed by atoms with Crippen LogP contribution in [0.3, 0.4) is 0 Å². The predicted octanol–water partition coefficient (Wildman–Crippen LogP) is 2.57. The number of sulfonamides is 1. The first kappa shape index (κ1) is 20.2. The average Bonchev–Trinajstić information content (AvgIpc) is 3.25. The molecule has 0 aliphatic carbocycles. The maximum absolute atomic E-state index is 12.5. The molecule has 0 saturated carbocycles. The molecule has 4 rings (SSSR count). The Morgan fingerprint density at radius 2 is 1.60 bits per heavy atom. The summed E-state index contributed by atoms with van der Waals surface area (Å²) in [6.07, 6.45) is 4.80. The van der Waals surface area contributed by atoms with Crippen LogP contribution < -0.4 is 9.47 Å². The molecule has 8 heteroatoms. The molecule has 2 aliphatic rings. The standard InChI is InChI=1S/C22H22N2O5S/c25-22(9-7-19-6-8-20-21(16-19)29-17-28-20)23-11-13-24(14-12-23)30(26,27)15-10-18-4-2-1-3-5-18/h1-10,15-16H,11-14,17H2/b9-7+,15-10+. The van der Waals surface area contributed by atoms with Crippen molar-refractivity contribution in [2.24, 2.45) is 0 Å². The highest BCUT2D eigenvalue weighted by atomic mass is 32.2. The molecule has 0 unspecified atom stereocenters. The number of ether oxygens (including phenoxy) is 2. The lowest BCUT2D eigenvalue weighted by molar-refractivity contribution is -0.127. The molecule has 0 radical (unpaired) electrons. The number of hydrogen-bond donors (Lipinski definition) is 0. The minimum Gasteiger partial charge on any atom is -0.454 e. The summed E-state index contributed by atoms with van der Waals surface area (Å²) in [7, 11) is -3.52. The normalized spacial score (nSPS) is 17.1. The molecule has 0 bridgehead atoms. The first-order chi connectivity index (χ1) is 14.5. The molecule has 2 aromatic rings. The molecule has 156 valence electrons. The molecule has 1 saturated heterocycles. The molecule has 0 atom stereocenters. The van der Waals surface area contributed by atoms with Crippen molar-refractivity contribution in [1.29, 1.82) is 0 Å². The van der Waals surface area contributed by atoms with E-state index in [1.165, 1.54) is 15.8 Å². The highest BCUT2D eigenvalue weighted by Gasteiger charge is 2.26. The van der Waals surface area contributed by atoms with Crippen molar-refractivity contribution < 1.29 is 22.7 Å². The largest absolute Gasteiger partial charge is 0.454 e. The summed E-state index contributed by atoms with van der Waals surface area (Å²) >= 11 is 0. The van der Waals surface area contributed by atoms with E-state index in [4.69, 9.17) is 9.47 Å². The zero-order valence-corrected chi connectivity index (χ0v) is 17.1. The molecule has 1 amide bonds. The van der Waals surface area contributed by atoms with E-state index < -0.39 is 10.0 Å². The van der Waals surface area contributed by atoms with Crippen LogP contribution in [0.2, 0.25) is 0 Å². The third-order valence-electron chi connectivity index (χ3n) is 4.96. The van der Waals surface area contributed by atoms with Crippen LogP contribution in [-0.2, 0) is 14.8 Å². The Hall–Kier alpha value is -3.10. The van der Waals surface area contributed by atoms with Crippen LogP contribution in [0, 0.1) is 0 Å². The van der Waals surface area contributed by atoms with Gasteiger partial charge in [0.25, 0.3) is 0 Å². The van der Waals surface area contributed by atoms with Crippen molar-refractivity contribution in [3.63, 3.8) is 0 Å². The van der Waals surface area contributed by atoms with Gasteiger partial charge in [0.15, 0.2) is 11.5 Å². The lowest BCUT2D eigenvalue weighted by Gasteiger charge is -2.32. The number of nitrogens with zero attached hydrogens (tertiary/aromatic N) is 2. The van der Waals surface area contributed by atoms with Crippen LogP contribution in [0.5, 0.6) is 11.5 Å². The maximum Gasteiger partial charge on any atom is 0.246 e. The number of piperazine rings is 1. The molecular weight excluding hydrogens is 404 g/mol. The smallest absolute Gasteiger partial charge is 0.246 e. The highest BCUT2D eigenvalue weighted by molar-refractivity contribution is 7.92. The number of benzene rings is 2. The molecule has 1 fully saturated rings. The number of carbonyl (C=O) groups excluding carboxylic acids is 1. The van der Waals surface area contributed by atoms with Gasteiger partial charge in [0.2, 0.25) is 22.7 Å². The molecule has 7 nitrogen and oxygen atoms in total. The predicted molar refractivity (Wildman–Crippen MR) is 114 cm³/mol. The minimum atomic E-state index is -3.52. The first-order valence-corrected chi connectivity index (χ1v) is 11.1. The Morgan fingerprint density at radius 1 is 0.867 bits per heavy atom. The second-order valence-electron chi connectivity index (χ2n) is 6.93. The maximum atomic E-state index is 12.5. The number of carbonyl (C=O) groups is 1. The fourth-order valence-corrected chi connectivity index (χ4v) is 4.44. The van der Waals surface area contributed by atoms with Gasteiger partial charge in [-0.1, -0.05) is 36.4 Å². The lowest BCUT2D eigenvalue weighted by atomic mass is 10.2. The van der Waals surface area contributed by atoms with Crippen molar-refractivity contribution in [2.45, 2.75) is 0 Å². The summed E-state index contributed by atoms with van der Waals surface area (Å²) in [6, 6.07) is 14.7. The van der Waals surface area contributed by atoms with E-state index in [1.54, 1.807) is 23.1 Å². The van der Waals surface area contributed by atoms with Gasteiger partial charge in [-0.05, 0) is 35.4 Å². The summed E-state index contributed by atoms with van der Waals surface area (Å²) in [5.41, 5.74) is 1.66. The lowest BCUT2D eigenvalue weighted by Crippen LogP contribution is -2.49. The van der Waals surface area contributed by atoms with Gasteiger partial charge in [-0.25, -0.2) is 8.42 Å². The van der Waals surface area contributed by atoms with Crippen molar-refractivity contribution in [3.8, 4) is 11.5 Å². The van der Waals surface area contributed by atoms with Gasteiger partial charge in [0, 0.05) is 37.7 Å². The highest BCUT2D eigenvalue weighted by Crippen LogP contribution is 2.32. The van der Waals surface area contributed by atoms with Crippen LogP contribution >= 0.6 is 0 Å². The van der Waals surface area contributed by atoms with Crippen LogP contribution in [0.15, 0.2) is 60.0 Å². The summed E-state index contributed by atoms with van der Waals surface area (Å²) in [6.45, 7) is 1.44. The van der Waals surface area contributed by atoms with Gasteiger partial charge in [0.05, 0.1) is 0 Å². The summed E-state index contributed by atoms with van der Waals surface area (Å²) in [5.74, 6) is 1.20. The van der Waals surface area contributed by atoms with Crippen LogP contribution in [0.25, 0.3) is 12.2 Å². The number of amides is 1. The van der Waals surface area contributed by atoms with E-state index in [0.29, 0.717) is 24.6 Å². The van der Waals surface area contributed by atoms with Crippen LogP contribution in [0.4, 0.5) is 0 Å². The number of fused-ring (bicyclic) bond motifs is 1. The summed E-state index contributed by atoms with van der Waals surface area (Å²) < 4.78 is 37.1. The van der Waals surface area contributed by atoms with Gasteiger partial charge in [0.1, 0.15) is 0 Å². The van der Waals surface area contributed by atoms with Gasteiger partial charge < -0.3 is 14.4 Å². The van der Waals surface area contributed by atoms with E-state index in [1.807, 2.05) is 42.5 Å². The average molecular weight is 426 g/mol. The van der Waals surface area contributed by atoms with Gasteiger partial charge in [-0.15, -0.1) is 0 Å². The summed E-state index contributed by atoms with van der Waals surface area (Å²) in [4.78, 5) is 14.1. The second-order valence-corrected chi connectivity index (χ2v) is 8.75. The second kappa shape index (κ2) is 8.73. The Kier molecular flexibility index (Phi) is 5.87. The van der Waals surface area contributed by atoms with Crippen molar-refractivity contribution in [3.05, 3.63) is 71.1 Å². The van der Waals surface area contributed by atoms with Crippen LogP contribution in [0.1, 0.15) is 11.1 Å². The third kappa shape index (κ3) is 4.72. The quantitative estimate of drug-likeness (QED) is 0.687. The Labute approximate surface area is 175 Å². The molecule has 2 heterocycles. The fraction of sp³-hybridized carbons (Fsp3) is 0.227. The van der Waals surface area contributed by atoms with E-state index in [2.05, 4.69) is 0 Å². The third-order valence-corrected chi connectivity index (χ3v) is 6.52. The van der Waals surface area contributed by atoms with E-state index >= 15 is 0 Å². The monoisotopic (exact) mass is 426 g/mol. The van der Waals surface area contributed by atoms with Crippen molar-refractivity contribution >= 4 is 28.1 Å². The molecule has 30 heavy (non-hydrogen) atoms. The van der Waals surface area contributed by atoms with Gasteiger partial charge in [-0.3, -0.25) is 4.79 Å². The van der Waals surface area contributed by atoms with Crippen molar-refractivity contribution in [1.82, 2.24) is 9.21 Å². The fourth-order valence-electron chi connectivity index (χ4n) is 3.27. The van der Waals surface area contributed by atoms with E-state index in [-0.39, 0.29) is 25.8 Å². The zero-order chi connectivity index (χ0) is 21.0. The summed E-state index contributed by atoms with van der Waals surface area (Å²) in [5, 5.41) is 1.22. The minimum absolute atomic E-state index is 0.149. The van der Waals surface area contributed by atoms with Crippen LogP contribution in [-0.4, -0.2) is 56.5 Å². The molecule has 0 aromatic heterocycles. The topological polar surface area (TPSA) is 76.2 Å². The Morgan fingerprint density at radius 3 is 2.37 bits per heavy atom. The number of rotatable bonds is 5. The Bertz CT molecular complexity index is 1070. The Balaban J connectivity index is 1.32. The molecular formula is C22H22N2O5S. The number of hydrogen-bond acceptors (Lipinski definition) is 5. The SMILES string of the molecule is O=C(/C=C/c1ccc2c(c1)OCO2)N1CCN(S(=O)(=O)/C=C/c2ccccc2)CC1. The zero-order valence-electron chi connectivity index (χ0n) is 16.3. The van der Waals surface area contributed by atoms with Gasteiger partial charge in [-0.2, -0.15) is 4.31 Å². The first-order valence-electron chi connectivity index (χ1n) is 9.61. The van der Waals surface area contributed by atoms with Crippen molar-refractivity contribution in [2.75, 3.05) is 33.0 Å².